The van der Waals surface area contributed by atoms with Gasteiger partial charge in [0.15, 0.2) is 6.10 Å². The molecule has 0 saturated heterocycles. The molecular weight excluding hydrogens is 346 g/mol. The minimum Gasteiger partial charge on any atom is -0.452 e. The molecule has 2 atom stereocenters. The molecule has 0 aliphatic carbocycles. The molecule has 0 bridgehead atoms. The minimum atomic E-state index is -0.910. The van der Waals surface area contributed by atoms with Crippen molar-refractivity contribution in [3.8, 4) is 0 Å². The Labute approximate surface area is 150 Å². The fraction of sp³-hybridized carbons (Fsp3) is 0.222. The highest BCUT2D eigenvalue weighted by Crippen LogP contribution is 2.24. The summed E-state index contributed by atoms with van der Waals surface area (Å²) in [6, 6.07) is 16.4. The fourth-order valence-electron chi connectivity index (χ4n) is 1.87. The minimum absolute atomic E-state index is 0.414. The third-order valence-corrected chi connectivity index (χ3v) is 4.60. The third kappa shape index (κ3) is 5.28. The quantitative estimate of drug-likeness (QED) is 0.610. The van der Waals surface area contributed by atoms with E-state index < -0.39 is 23.2 Å². The van der Waals surface area contributed by atoms with Crippen LogP contribution in [-0.2, 0) is 14.3 Å². The molecule has 1 N–H and O–H groups in total. The Hall–Kier alpha value is -1.98. The second-order valence-electron chi connectivity index (χ2n) is 5.12. The summed E-state index contributed by atoms with van der Waals surface area (Å²) in [5.41, 5.74) is 0.485. The molecular formula is C18H18ClNO3S. The monoisotopic (exact) mass is 363 g/mol. The first-order valence-electron chi connectivity index (χ1n) is 7.45. The Morgan fingerprint density at radius 2 is 1.67 bits per heavy atom. The van der Waals surface area contributed by atoms with Crippen LogP contribution in [0.1, 0.15) is 13.8 Å². The van der Waals surface area contributed by atoms with Crippen molar-refractivity contribution in [2.24, 2.45) is 0 Å². The SMILES string of the molecule is C[C@H](Sc1ccccc1)C(=O)O[C@H](C)C(=O)Nc1ccccc1Cl. The van der Waals surface area contributed by atoms with Gasteiger partial charge in [0.1, 0.15) is 5.25 Å². The maximum atomic E-state index is 12.1. The first-order chi connectivity index (χ1) is 11.5. The zero-order valence-electron chi connectivity index (χ0n) is 13.4. The molecule has 0 radical (unpaired) electrons. The standard InChI is InChI=1S/C18H18ClNO3S/c1-12(17(21)20-16-11-7-6-10-15(16)19)23-18(22)13(2)24-14-8-4-3-5-9-14/h3-13H,1-2H3,(H,20,21)/t12-,13+/m1/s1. The van der Waals surface area contributed by atoms with Crippen LogP contribution in [0.3, 0.4) is 0 Å². The van der Waals surface area contributed by atoms with Crippen molar-refractivity contribution in [2.75, 3.05) is 5.32 Å². The number of benzene rings is 2. The van der Waals surface area contributed by atoms with E-state index in [0.29, 0.717) is 10.7 Å². The Balaban J connectivity index is 1.88. The lowest BCUT2D eigenvalue weighted by Crippen LogP contribution is -2.32. The predicted octanol–water partition coefficient (Wildman–Crippen LogP) is 4.39. The van der Waals surface area contributed by atoms with Gasteiger partial charge in [-0.3, -0.25) is 9.59 Å². The summed E-state index contributed by atoms with van der Waals surface area (Å²) in [4.78, 5) is 25.2. The topological polar surface area (TPSA) is 55.4 Å². The number of esters is 1. The maximum absolute atomic E-state index is 12.1. The largest absolute Gasteiger partial charge is 0.452 e. The van der Waals surface area contributed by atoms with Crippen molar-refractivity contribution in [3.05, 3.63) is 59.6 Å². The highest BCUT2D eigenvalue weighted by molar-refractivity contribution is 8.00. The van der Waals surface area contributed by atoms with Crippen LogP contribution in [0.4, 0.5) is 5.69 Å². The lowest BCUT2D eigenvalue weighted by Gasteiger charge is -2.17. The smallest absolute Gasteiger partial charge is 0.319 e. The molecule has 0 saturated carbocycles. The average molecular weight is 364 g/mol. The summed E-state index contributed by atoms with van der Waals surface area (Å²) in [6.45, 7) is 3.28. The van der Waals surface area contributed by atoms with Crippen LogP contribution in [-0.4, -0.2) is 23.2 Å². The molecule has 4 nitrogen and oxygen atoms in total. The highest BCUT2D eigenvalue weighted by atomic mass is 35.5. The molecule has 24 heavy (non-hydrogen) atoms. The van der Waals surface area contributed by atoms with Crippen LogP contribution in [0.15, 0.2) is 59.5 Å². The number of ether oxygens (including phenoxy) is 1. The van der Waals surface area contributed by atoms with Gasteiger partial charge >= 0.3 is 5.97 Å². The van der Waals surface area contributed by atoms with Gasteiger partial charge in [-0.25, -0.2) is 0 Å². The van der Waals surface area contributed by atoms with Gasteiger partial charge in [-0.05, 0) is 38.1 Å². The molecule has 0 aliphatic rings. The second-order valence-corrected chi connectivity index (χ2v) is 6.94. The summed E-state index contributed by atoms with van der Waals surface area (Å²) >= 11 is 7.38. The van der Waals surface area contributed by atoms with Crippen LogP contribution in [0.5, 0.6) is 0 Å². The van der Waals surface area contributed by atoms with Crippen LogP contribution >= 0.6 is 23.4 Å². The number of hydrogen-bond acceptors (Lipinski definition) is 4. The van der Waals surface area contributed by atoms with Crippen molar-refractivity contribution in [1.29, 1.82) is 0 Å². The van der Waals surface area contributed by atoms with Crippen LogP contribution in [0, 0.1) is 0 Å². The molecule has 2 aromatic rings. The Morgan fingerprint density at radius 1 is 1.04 bits per heavy atom. The van der Waals surface area contributed by atoms with Crippen molar-refractivity contribution in [2.45, 2.75) is 30.1 Å². The molecule has 0 unspecified atom stereocenters. The van der Waals surface area contributed by atoms with Crippen molar-refractivity contribution in [3.63, 3.8) is 0 Å². The summed E-state index contributed by atoms with van der Waals surface area (Å²) < 4.78 is 5.24. The Bertz CT molecular complexity index is 708. The van der Waals surface area contributed by atoms with E-state index >= 15 is 0 Å². The van der Waals surface area contributed by atoms with Crippen molar-refractivity contribution in [1.82, 2.24) is 0 Å². The predicted molar refractivity (Wildman–Crippen MR) is 97.4 cm³/mol. The number of anilines is 1. The number of para-hydroxylation sites is 1. The molecule has 126 valence electrons. The summed E-state index contributed by atoms with van der Waals surface area (Å²) in [5.74, 6) is -0.862. The van der Waals surface area contributed by atoms with Gasteiger partial charge < -0.3 is 10.1 Å². The molecule has 0 aromatic heterocycles. The highest BCUT2D eigenvalue weighted by Gasteiger charge is 2.23. The molecule has 6 heteroatoms. The summed E-state index contributed by atoms with van der Waals surface area (Å²) in [7, 11) is 0. The van der Waals surface area contributed by atoms with E-state index in [1.165, 1.54) is 18.7 Å². The van der Waals surface area contributed by atoms with E-state index in [2.05, 4.69) is 5.32 Å². The number of carbonyl (C=O) groups excluding carboxylic acids is 2. The van der Waals surface area contributed by atoms with Crippen molar-refractivity contribution < 1.29 is 14.3 Å². The number of nitrogens with one attached hydrogen (secondary N) is 1. The van der Waals surface area contributed by atoms with Gasteiger partial charge in [0.05, 0.1) is 10.7 Å². The van der Waals surface area contributed by atoms with E-state index in [4.69, 9.17) is 16.3 Å². The van der Waals surface area contributed by atoms with Gasteiger partial charge in [-0.15, -0.1) is 11.8 Å². The second kappa shape index (κ2) is 8.76. The van der Waals surface area contributed by atoms with Crippen molar-refractivity contribution >= 4 is 40.9 Å². The van der Waals surface area contributed by atoms with E-state index in [1.807, 2.05) is 30.3 Å². The first kappa shape index (κ1) is 18.4. The molecule has 0 heterocycles. The molecule has 1 amide bonds. The van der Waals surface area contributed by atoms with E-state index in [9.17, 15) is 9.59 Å². The van der Waals surface area contributed by atoms with Crippen LogP contribution < -0.4 is 5.32 Å². The Morgan fingerprint density at radius 3 is 2.33 bits per heavy atom. The van der Waals surface area contributed by atoms with Gasteiger partial charge in [0, 0.05) is 4.90 Å². The fourth-order valence-corrected chi connectivity index (χ4v) is 2.93. The number of hydrogen-bond donors (Lipinski definition) is 1. The zero-order valence-corrected chi connectivity index (χ0v) is 14.9. The lowest BCUT2D eigenvalue weighted by atomic mass is 10.3. The van der Waals surface area contributed by atoms with E-state index in [1.54, 1.807) is 31.2 Å². The number of carbonyl (C=O) groups is 2. The van der Waals surface area contributed by atoms with E-state index in [-0.39, 0.29) is 0 Å². The third-order valence-electron chi connectivity index (χ3n) is 3.18. The number of amides is 1. The summed E-state index contributed by atoms with van der Waals surface area (Å²) in [5, 5.41) is 2.66. The average Bonchev–Trinajstić information content (AvgIpc) is 2.57. The Kier molecular flexibility index (Phi) is 6.70. The molecule has 0 aliphatic heterocycles. The maximum Gasteiger partial charge on any atom is 0.319 e. The van der Waals surface area contributed by atoms with E-state index in [0.717, 1.165) is 4.90 Å². The lowest BCUT2D eigenvalue weighted by molar-refractivity contribution is -0.152. The zero-order chi connectivity index (χ0) is 17.5. The normalized spacial score (nSPS) is 13.0. The van der Waals surface area contributed by atoms with Crippen LogP contribution in [0.2, 0.25) is 5.02 Å². The first-order valence-corrected chi connectivity index (χ1v) is 8.70. The van der Waals surface area contributed by atoms with Gasteiger partial charge in [0.2, 0.25) is 0 Å². The number of rotatable bonds is 6. The molecule has 2 aromatic carbocycles. The van der Waals surface area contributed by atoms with Gasteiger partial charge in [-0.1, -0.05) is 41.9 Å². The van der Waals surface area contributed by atoms with Gasteiger partial charge in [0.25, 0.3) is 5.91 Å². The van der Waals surface area contributed by atoms with Gasteiger partial charge in [-0.2, -0.15) is 0 Å². The molecule has 0 spiro atoms. The number of halogens is 1. The number of thioether (sulfide) groups is 1. The molecule has 0 fully saturated rings. The molecule has 2 rings (SSSR count). The van der Waals surface area contributed by atoms with Crippen LogP contribution in [0.25, 0.3) is 0 Å². The summed E-state index contributed by atoms with van der Waals surface area (Å²) in [6.07, 6.45) is -0.910.